The van der Waals surface area contributed by atoms with Crippen molar-refractivity contribution in [1.29, 1.82) is 0 Å². The van der Waals surface area contributed by atoms with E-state index in [1.165, 1.54) is 0 Å². The first-order valence-corrected chi connectivity index (χ1v) is 6.68. The lowest BCUT2D eigenvalue weighted by Gasteiger charge is -2.16. The smallest absolute Gasteiger partial charge is 0.339 e. The predicted octanol–water partition coefficient (Wildman–Crippen LogP) is 1.67. The Morgan fingerprint density at radius 3 is 2.81 bits per heavy atom. The Balaban J connectivity index is 1.86. The number of aliphatic hydroxyl groups excluding tert-OH is 1. The van der Waals surface area contributed by atoms with E-state index < -0.39 is 24.1 Å². The molecule has 1 heterocycles. The number of aliphatic hydroxyl groups is 1. The van der Waals surface area contributed by atoms with Crippen LogP contribution in [0.5, 0.6) is 0 Å². The summed E-state index contributed by atoms with van der Waals surface area (Å²) in [5, 5.41) is 10.9. The first kappa shape index (κ1) is 13.6. The second-order valence-electron chi connectivity index (χ2n) is 4.89. The lowest BCUT2D eigenvalue weighted by Crippen LogP contribution is -2.30. The number of hydrogen-bond donors (Lipinski definition) is 1. The van der Waals surface area contributed by atoms with Crippen LogP contribution in [-0.4, -0.2) is 35.9 Å². The van der Waals surface area contributed by atoms with Crippen molar-refractivity contribution in [3.05, 3.63) is 48.0 Å². The van der Waals surface area contributed by atoms with Crippen molar-refractivity contribution < 1.29 is 24.2 Å². The number of rotatable bonds is 3. The van der Waals surface area contributed by atoms with Crippen LogP contribution >= 0.6 is 0 Å². The average Bonchev–Trinajstić information content (AvgIpc) is 2.86. The minimum atomic E-state index is -0.781. The summed E-state index contributed by atoms with van der Waals surface area (Å²) in [6.45, 7) is -0.362. The summed E-state index contributed by atoms with van der Waals surface area (Å²) in [6, 6.07) is 12.8. The number of carbonyl (C=O) groups excluding carboxylic acids is 2. The zero-order valence-corrected chi connectivity index (χ0v) is 11.2. The maximum absolute atomic E-state index is 12.3. The van der Waals surface area contributed by atoms with Crippen LogP contribution in [0, 0.1) is 0 Å². The molecule has 0 spiro atoms. The van der Waals surface area contributed by atoms with Gasteiger partial charge in [0, 0.05) is 0 Å². The number of ether oxygens (including phenoxy) is 2. The molecule has 0 bridgehead atoms. The van der Waals surface area contributed by atoms with Crippen molar-refractivity contribution in [3.8, 4) is 0 Å². The van der Waals surface area contributed by atoms with E-state index in [1.54, 1.807) is 12.1 Å². The monoisotopic (exact) mass is 286 g/mol. The van der Waals surface area contributed by atoms with Gasteiger partial charge < -0.3 is 14.6 Å². The lowest BCUT2D eigenvalue weighted by molar-refractivity contribution is -0.143. The molecule has 5 nitrogen and oxygen atoms in total. The Bertz CT molecular complexity index is 689. The molecule has 1 fully saturated rings. The van der Waals surface area contributed by atoms with Gasteiger partial charge in [-0.25, -0.2) is 4.79 Å². The van der Waals surface area contributed by atoms with Crippen LogP contribution in [0.4, 0.5) is 0 Å². The second-order valence-corrected chi connectivity index (χ2v) is 4.89. The van der Waals surface area contributed by atoms with E-state index in [1.807, 2.05) is 30.3 Å². The number of benzene rings is 2. The number of hydrogen-bond acceptors (Lipinski definition) is 5. The van der Waals surface area contributed by atoms with Gasteiger partial charge in [-0.1, -0.05) is 36.4 Å². The Hall–Kier alpha value is -2.40. The molecule has 0 saturated carbocycles. The van der Waals surface area contributed by atoms with Crippen molar-refractivity contribution in [1.82, 2.24) is 0 Å². The minimum absolute atomic E-state index is 0.0261. The van der Waals surface area contributed by atoms with Gasteiger partial charge in [0.1, 0.15) is 0 Å². The molecule has 0 radical (unpaired) electrons. The van der Waals surface area contributed by atoms with Gasteiger partial charge in [0.25, 0.3) is 0 Å². The molecule has 2 atom stereocenters. The number of esters is 2. The van der Waals surface area contributed by atoms with Gasteiger partial charge in [-0.05, 0) is 16.8 Å². The summed E-state index contributed by atoms with van der Waals surface area (Å²) < 4.78 is 10.2. The standard InChI is InChI=1S/C16H14O5/c17-9-14-13(8-15(18)20-14)21-16(19)12-7-3-5-10-4-1-2-6-11(10)12/h1-7,13-14,17H,8-9H2/t13-,14+/m0/s1. The SMILES string of the molecule is O=C1C[C@H](OC(=O)c2cccc3ccccc23)[C@@H](CO)O1. The van der Waals surface area contributed by atoms with Gasteiger partial charge in [0.2, 0.25) is 0 Å². The summed E-state index contributed by atoms with van der Waals surface area (Å²) >= 11 is 0. The Morgan fingerprint density at radius 1 is 1.24 bits per heavy atom. The number of fused-ring (bicyclic) bond motifs is 1. The molecule has 2 aromatic rings. The maximum atomic E-state index is 12.3. The van der Waals surface area contributed by atoms with E-state index >= 15 is 0 Å². The van der Waals surface area contributed by atoms with Crippen molar-refractivity contribution in [2.45, 2.75) is 18.6 Å². The van der Waals surface area contributed by atoms with E-state index in [2.05, 4.69) is 0 Å². The summed E-state index contributed by atoms with van der Waals surface area (Å²) in [7, 11) is 0. The third-order valence-corrected chi connectivity index (χ3v) is 3.51. The largest absolute Gasteiger partial charge is 0.456 e. The highest BCUT2D eigenvalue weighted by Gasteiger charge is 2.37. The third-order valence-electron chi connectivity index (χ3n) is 3.51. The third kappa shape index (κ3) is 2.60. The van der Waals surface area contributed by atoms with Crippen LogP contribution in [0.1, 0.15) is 16.8 Å². The van der Waals surface area contributed by atoms with Crippen LogP contribution in [0.2, 0.25) is 0 Å². The topological polar surface area (TPSA) is 72.8 Å². The molecule has 1 aliphatic heterocycles. The van der Waals surface area contributed by atoms with Crippen LogP contribution in [-0.2, 0) is 14.3 Å². The predicted molar refractivity (Wildman–Crippen MR) is 74.7 cm³/mol. The molecular weight excluding hydrogens is 272 g/mol. The lowest BCUT2D eigenvalue weighted by atomic mass is 10.0. The van der Waals surface area contributed by atoms with Crippen LogP contribution in [0.25, 0.3) is 10.8 Å². The summed E-state index contributed by atoms with van der Waals surface area (Å²) in [6.07, 6.45) is -1.55. The first-order valence-electron chi connectivity index (χ1n) is 6.68. The molecular formula is C16H14O5. The van der Waals surface area contributed by atoms with Crippen molar-refractivity contribution in [2.75, 3.05) is 6.61 Å². The molecule has 108 valence electrons. The minimum Gasteiger partial charge on any atom is -0.456 e. The Morgan fingerprint density at radius 2 is 2.00 bits per heavy atom. The molecule has 1 aliphatic rings. The molecule has 1 N–H and O–H groups in total. The second kappa shape index (κ2) is 5.54. The van der Waals surface area contributed by atoms with Gasteiger partial charge >= 0.3 is 11.9 Å². The fourth-order valence-electron chi connectivity index (χ4n) is 2.47. The number of carbonyl (C=O) groups is 2. The Kier molecular flexibility index (Phi) is 3.58. The van der Waals surface area contributed by atoms with Crippen molar-refractivity contribution >= 4 is 22.7 Å². The van der Waals surface area contributed by atoms with Crippen LogP contribution in [0.15, 0.2) is 42.5 Å². The maximum Gasteiger partial charge on any atom is 0.339 e. The first-order chi connectivity index (χ1) is 10.2. The molecule has 0 unspecified atom stereocenters. The van der Waals surface area contributed by atoms with E-state index in [0.29, 0.717) is 5.56 Å². The number of cyclic esters (lactones) is 1. The zero-order chi connectivity index (χ0) is 14.8. The van der Waals surface area contributed by atoms with Crippen LogP contribution in [0.3, 0.4) is 0 Å². The van der Waals surface area contributed by atoms with Crippen LogP contribution < -0.4 is 0 Å². The molecule has 3 rings (SSSR count). The van der Waals surface area contributed by atoms with Crippen molar-refractivity contribution in [3.63, 3.8) is 0 Å². The fraction of sp³-hybridized carbons (Fsp3) is 0.250. The van der Waals surface area contributed by atoms with Gasteiger partial charge in [-0.15, -0.1) is 0 Å². The molecule has 0 aliphatic carbocycles. The van der Waals surface area contributed by atoms with Crippen molar-refractivity contribution in [2.24, 2.45) is 0 Å². The average molecular weight is 286 g/mol. The normalized spacial score (nSPS) is 21.3. The van der Waals surface area contributed by atoms with Gasteiger partial charge in [-0.3, -0.25) is 4.79 Å². The van der Waals surface area contributed by atoms with E-state index in [4.69, 9.17) is 14.6 Å². The van der Waals surface area contributed by atoms with E-state index in [0.717, 1.165) is 10.8 Å². The Labute approximate surface area is 121 Å². The molecule has 0 amide bonds. The molecule has 0 aromatic heterocycles. The van der Waals surface area contributed by atoms with Gasteiger partial charge in [0.15, 0.2) is 12.2 Å². The fourth-order valence-corrected chi connectivity index (χ4v) is 2.47. The zero-order valence-electron chi connectivity index (χ0n) is 11.2. The quantitative estimate of drug-likeness (QED) is 0.869. The molecule has 21 heavy (non-hydrogen) atoms. The highest BCUT2D eigenvalue weighted by molar-refractivity contribution is 6.04. The summed E-state index contributed by atoms with van der Waals surface area (Å²) in [5.41, 5.74) is 0.434. The van der Waals surface area contributed by atoms with E-state index in [-0.39, 0.29) is 13.0 Å². The molecule has 5 heteroatoms. The van der Waals surface area contributed by atoms with Gasteiger partial charge in [-0.2, -0.15) is 0 Å². The summed E-state index contributed by atoms with van der Waals surface area (Å²) in [4.78, 5) is 23.5. The van der Waals surface area contributed by atoms with Gasteiger partial charge in [0.05, 0.1) is 18.6 Å². The van der Waals surface area contributed by atoms with E-state index in [9.17, 15) is 9.59 Å². The highest BCUT2D eigenvalue weighted by Crippen LogP contribution is 2.23. The molecule has 2 aromatic carbocycles. The highest BCUT2D eigenvalue weighted by atomic mass is 16.6. The molecule has 1 saturated heterocycles. The summed E-state index contributed by atoms with van der Waals surface area (Å²) in [5.74, 6) is -0.988.